The number of anilines is 1. The van der Waals surface area contributed by atoms with Crippen molar-refractivity contribution in [3.63, 3.8) is 0 Å². The highest BCUT2D eigenvalue weighted by Gasteiger charge is 2.10. The maximum Gasteiger partial charge on any atom is 0.274 e. The van der Waals surface area contributed by atoms with E-state index in [1.54, 1.807) is 16.9 Å². The minimum atomic E-state index is -0.116. The second kappa shape index (κ2) is 2.47. The number of nitrogens with one attached hydrogen (secondary N) is 2. The van der Waals surface area contributed by atoms with Crippen molar-refractivity contribution >= 4 is 17.4 Å². The number of aromatic nitrogens is 3. The Morgan fingerprint density at radius 3 is 3.36 bits per heavy atom. The van der Waals surface area contributed by atoms with Crippen molar-refractivity contribution in [2.75, 3.05) is 11.9 Å². The Morgan fingerprint density at radius 2 is 2.43 bits per heavy atom. The molecule has 0 saturated carbocycles. The third-order valence-corrected chi connectivity index (χ3v) is 2.29. The van der Waals surface area contributed by atoms with Crippen molar-refractivity contribution in [3.05, 3.63) is 34.6 Å². The zero-order chi connectivity index (χ0) is 9.54. The second-order valence-electron chi connectivity index (χ2n) is 3.15. The molecule has 2 aromatic heterocycles. The van der Waals surface area contributed by atoms with Crippen molar-refractivity contribution in [1.29, 1.82) is 0 Å². The van der Waals surface area contributed by atoms with Gasteiger partial charge in [-0.3, -0.25) is 9.20 Å². The molecule has 14 heavy (non-hydrogen) atoms. The van der Waals surface area contributed by atoms with Crippen LogP contribution < -0.4 is 10.9 Å². The molecule has 0 spiro atoms. The first-order chi connectivity index (χ1) is 6.86. The van der Waals surface area contributed by atoms with Gasteiger partial charge >= 0.3 is 0 Å². The van der Waals surface area contributed by atoms with Gasteiger partial charge in [0.15, 0.2) is 0 Å². The summed E-state index contributed by atoms with van der Waals surface area (Å²) in [5.74, 6) is 0.889. The summed E-state index contributed by atoms with van der Waals surface area (Å²) in [6.45, 7) is 0.770. The monoisotopic (exact) mass is 188 g/mol. The Labute approximate surface area is 79.1 Å². The number of hydrogen-bond acceptors (Lipinski definition) is 3. The van der Waals surface area contributed by atoms with Crippen LogP contribution in [0.2, 0.25) is 0 Å². The number of fused-ring (bicyclic) bond motifs is 3. The molecule has 0 saturated heterocycles. The molecule has 0 fully saturated rings. The van der Waals surface area contributed by atoms with Crippen LogP contribution in [0.15, 0.2) is 23.4 Å². The van der Waals surface area contributed by atoms with Crippen LogP contribution in [0.4, 0.5) is 5.82 Å². The van der Waals surface area contributed by atoms with Gasteiger partial charge in [-0.05, 0) is 6.08 Å². The molecular weight excluding hydrogens is 180 g/mol. The molecule has 5 nitrogen and oxygen atoms in total. The Hall–Kier alpha value is -2.04. The molecule has 3 heterocycles. The predicted octanol–water partition coefficient (Wildman–Crippen LogP) is 0.461. The highest BCUT2D eigenvalue weighted by Crippen LogP contribution is 2.17. The SMILES string of the molecule is O=c1[nH]c2c(n3cncc13)NCC=C2. The molecule has 2 N–H and O–H groups in total. The maximum absolute atomic E-state index is 11.5. The first-order valence-electron chi connectivity index (χ1n) is 4.35. The van der Waals surface area contributed by atoms with Crippen molar-refractivity contribution in [1.82, 2.24) is 14.4 Å². The molecule has 0 aliphatic carbocycles. The summed E-state index contributed by atoms with van der Waals surface area (Å²) in [5, 5.41) is 3.18. The summed E-state index contributed by atoms with van der Waals surface area (Å²) in [5.41, 5.74) is 1.24. The number of aromatic amines is 1. The van der Waals surface area contributed by atoms with Crippen molar-refractivity contribution in [2.45, 2.75) is 0 Å². The minimum absolute atomic E-state index is 0.116. The maximum atomic E-state index is 11.5. The van der Waals surface area contributed by atoms with Gasteiger partial charge in [-0.2, -0.15) is 0 Å². The lowest BCUT2D eigenvalue weighted by Gasteiger charge is -2.13. The first kappa shape index (κ1) is 7.37. The fraction of sp³-hybridized carbons (Fsp3) is 0.111. The summed E-state index contributed by atoms with van der Waals surface area (Å²) in [4.78, 5) is 18.3. The van der Waals surface area contributed by atoms with Crippen LogP contribution in [0.25, 0.3) is 11.6 Å². The van der Waals surface area contributed by atoms with Gasteiger partial charge in [-0.25, -0.2) is 4.98 Å². The van der Waals surface area contributed by atoms with Crippen LogP contribution in [0.5, 0.6) is 0 Å². The lowest BCUT2D eigenvalue weighted by atomic mass is 10.3. The van der Waals surface area contributed by atoms with Crippen LogP contribution in [0.1, 0.15) is 5.69 Å². The van der Waals surface area contributed by atoms with Crippen LogP contribution in [-0.2, 0) is 0 Å². The Balaban J connectivity index is 2.52. The molecule has 3 rings (SSSR count). The van der Waals surface area contributed by atoms with Gasteiger partial charge in [0.2, 0.25) is 0 Å². The summed E-state index contributed by atoms with van der Waals surface area (Å²) < 4.78 is 1.76. The lowest BCUT2D eigenvalue weighted by Crippen LogP contribution is -2.18. The van der Waals surface area contributed by atoms with E-state index >= 15 is 0 Å². The Bertz CT molecular complexity index is 578. The smallest absolute Gasteiger partial charge is 0.274 e. The molecule has 0 atom stereocenters. The third-order valence-electron chi connectivity index (χ3n) is 2.29. The second-order valence-corrected chi connectivity index (χ2v) is 3.15. The number of hydrogen-bond donors (Lipinski definition) is 2. The number of nitrogens with zero attached hydrogens (tertiary/aromatic N) is 2. The molecule has 0 aromatic carbocycles. The highest BCUT2D eigenvalue weighted by atomic mass is 16.1. The fourth-order valence-electron chi connectivity index (χ4n) is 1.65. The third kappa shape index (κ3) is 0.834. The number of imidazole rings is 1. The molecular formula is C9H8N4O. The highest BCUT2D eigenvalue weighted by molar-refractivity contribution is 5.67. The molecule has 1 aliphatic rings. The van der Waals surface area contributed by atoms with Crippen LogP contribution in [-0.4, -0.2) is 20.9 Å². The average Bonchev–Trinajstić information content (AvgIpc) is 2.67. The van der Waals surface area contributed by atoms with Gasteiger partial charge in [0, 0.05) is 6.54 Å². The molecule has 0 bridgehead atoms. The summed E-state index contributed by atoms with van der Waals surface area (Å²) >= 11 is 0. The van der Waals surface area contributed by atoms with Crippen molar-refractivity contribution in [3.8, 4) is 0 Å². The van der Waals surface area contributed by atoms with Crippen molar-refractivity contribution < 1.29 is 0 Å². The molecule has 5 heteroatoms. The lowest BCUT2D eigenvalue weighted by molar-refractivity contribution is 1.05. The molecule has 0 unspecified atom stereocenters. The standard InChI is InChI=1S/C9H8N4O/c14-9-7-4-10-5-13(7)8-6(12-9)2-1-3-11-8/h1-2,4-5,11H,3H2,(H,12,14). The largest absolute Gasteiger partial charge is 0.366 e. The Morgan fingerprint density at radius 1 is 1.50 bits per heavy atom. The molecule has 0 radical (unpaired) electrons. The van der Waals surface area contributed by atoms with E-state index in [4.69, 9.17) is 0 Å². The van der Waals surface area contributed by atoms with Crippen LogP contribution >= 0.6 is 0 Å². The van der Waals surface area contributed by atoms with Gasteiger partial charge in [0.05, 0.1) is 11.9 Å². The van der Waals surface area contributed by atoms with E-state index in [9.17, 15) is 4.79 Å². The number of H-pyrrole nitrogens is 1. The van der Waals surface area contributed by atoms with E-state index in [1.807, 2.05) is 12.2 Å². The summed E-state index contributed by atoms with van der Waals surface area (Å²) in [7, 11) is 0. The van der Waals surface area contributed by atoms with Crippen LogP contribution in [0, 0.1) is 0 Å². The van der Waals surface area contributed by atoms with Crippen molar-refractivity contribution in [2.24, 2.45) is 0 Å². The summed E-state index contributed by atoms with van der Waals surface area (Å²) in [6, 6.07) is 0. The van der Waals surface area contributed by atoms with E-state index in [0.29, 0.717) is 5.52 Å². The van der Waals surface area contributed by atoms with Gasteiger partial charge in [-0.15, -0.1) is 0 Å². The van der Waals surface area contributed by atoms with E-state index in [-0.39, 0.29) is 5.56 Å². The molecule has 2 aromatic rings. The van der Waals surface area contributed by atoms with Crippen LogP contribution in [0.3, 0.4) is 0 Å². The normalized spacial score (nSPS) is 14.0. The van der Waals surface area contributed by atoms with E-state index in [1.165, 1.54) is 0 Å². The molecule has 0 amide bonds. The average molecular weight is 188 g/mol. The topological polar surface area (TPSA) is 62.2 Å². The van der Waals surface area contributed by atoms with E-state index in [0.717, 1.165) is 18.1 Å². The first-order valence-corrected chi connectivity index (χ1v) is 4.35. The van der Waals surface area contributed by atoms with Gasteiger partial charge in [0.1, 0.15) is 17.7 Å². The summed E-state index contributed by atoms with van der Waals surface area (Å²) in [6.07, 6.45) is 7.04. The molecule has 70 valence electrons. The Kier molecular flexibility index (Phi) is 1.30. The minimum Gasteiger partial charge on any atom is -0.366 e. The fourth-order valence-corrected chi connectivity index (χ4v) is 1.65. The molecule has 1 aliphatic heterocycles. The zero-order valence-corrected chi connectivity index (χ0v) is 7.32. The quantitative estimate of drug-likeness (QED) is 0.631. The van der Waals surface area contributed by atoms with Gasteiger partial charge in [-0.1, -0.05) is 6.08 Å². The zero-order valence-electron chi connectivity index (χ0n) is 7.32. The number of rotatable bonds is 0. The predicted molar refractivity (Wildman–Crippen MR) is 53.3 cm³/mol. The van der Waals surface area contributed by atoms with Gasteiger partial charge < -0.3 is 10.3 Å². The van der Waals surface area contributed by atoms with Gasteiger partial charge in [0.25, 0.3) is 5.56 Å². The van der Waals surface area contributed by atoms with E-state index < -0.39 is 0 Å². The van der Waals surface area contributed by atoms with E-state index in [2.05, 4.69) is 15.3 Å².